The number of ether oxygens (including phenoxy) is 1. The lowest BCUT2D eigenvalue weighted by Crippen LogP contribution is -2.05. The van der Waals surface area contributed by atoms with E-state index in [4.69, 9.17) is 4.74 Å². The zero-order chi connectivity index (χ0) is 19.8. The van der Waals surface area contributed by atoms with Crippen molar-refractivity contribution in [1.29, 1.82) is 5.26 Å². The van der Waals surface area contributed by atoms with Crippen LogP contribution < -0.4 is 14.2 Å². The molecule has 1 aromatic heterocycles. The molecule has 3 rings (SSSR count). The summed E-state index contributed by atoms with van der Waals surface area (Å²) in [7, 11) is 3.62. The van der Waals surface area contributed by atoms with E-state index in [1.807, 2.05) is 68.8 Å². The van der Waals surface area contributed by atoms with E-state index in [1.165, 1.54) is 12.1 Å². The maximum absolute atomic E-state index is 9.74. The van der Waals surface area contributed by atoms with Gasteiger partial charge in [0.05, 0.1) is 23.9 Å². The first-order valence-corrected chi connectivity index (χ1v) is 9.83. The maximum atomic E-state index is 9.74. The van der Waals surface area contributed by atoms with Gasteiger partial charge >= 0.3 is 0 Å². The smallest absolute Gasteiger partial charge is 0.120 e. The summed E-state index contributed by atoms with van der Waals surface area (Å²) in [5, 5.41) is 10.7. The molecule has 0 radical (unpaired) electrons. The van der Waals surface area contributed by atoms with Crippen molar-refractivity contribution in [3.8, 4) is 23.1 Å². The van der Waals surface area contributed by atoms with E-state index < -0.39 is 0 Å². The summed E-state index contributed by atoms with van der Waals surface area (Å²) in [5.41, 5.74) is 4.54. The quantitative estimate of drug-likeness (QED) is 0.445. The molecule has 6 heteroatoms. The molecule has 2 N–H and O–H groups in total. The number of anilines is 1. The molecule has 0 aliphatic carbocycles. The first-order chi connectivity index (χ1) is 13.2. The highest BCUT2D eigenvalue weighted by Crippen LogP contribution is 2.35. The number of aromatic nitrogens is 1. The second-order valence-electron chi connectivity index (χ2n) is 5.56. The van der Waals surface area contributed by atoms with Gasteiger partial charge in [0, 0.05) is 48.4 Å². The van der Waals surface area contributed by atoms with Crippen LogP contribution in [-0.4, -0.2) is 18.2 Å². The van der Waals surface area contributed by atoms with Crippen LogP contribution in [0, 0.1) is 11.3 Å². The Balaban J connectivity index is 0.00000126. The second-order valence-corrected chi connectivity index (χ2v) is 6.26. The Morgan fingerprint density at radius 3 is 2.63 bits per heavy atom. The van der Waals surface area contributed by atoms with Crippen molar-refractivity contribution in [2.45, 2.75) is 20.8 Å². The lowest BCUT2D eigenvalue weighted by Gasteiger charge is -2.09. The van der Waals surface area contributed by atoms with E-state index in [9.17, 15) is 5.26 Å². The molecule has 3 aromatic rings. The summed E-state index contributed by atoms with van der Waals surface area (Å²) in [6.45, 7) is 6.93. The molecule has 0 aliphatic rings. The molecular weight excluding hydrogens is 356 g/mol. The van der Waals surface area contributed by atoms with Crippen LogP contribution >= 0.6 is 12.1 Å². The lowest BCUT2D eigenvalue weighted by atomic mass is 10.1. The summed E-state index contributed by atoms with van der Waals surface area (Å²) >= 11 is 1.45. The molecule has 0 saturated heterocycles. The van der Waals surface area contributed by atoms with Crippen LogP contribution in [0.3, 0.4) is 0 Å². The molecule has 0 bridgehead atoms. The minimum absolute atomic E-state index is 0.677. The molecular formula is C21H26N4OS. The van der Waals surface area contributed by atoms with Gasteiger partial charge in [0.2, 0.25) is 0 Å². The summed E-state index contributed by atoms with van der Waals surface area (Å²) in [4.78, 5) is 0. The Bertz CT molecular complexity index is 943. The number of fused-ring (bicyclic) bond motifs is 1. The third-order valence-electron chi connectivity index (χ3n) is 4.04. The molecule has 0 spiro atoms. The standard InChI is InChI=1S/C19H20N4OS.C2H6/c1-4-21-25-22-14-7-5-6-13(10-14)19-17(12-20)16-9-8-15(24-3)11-18(16)23(19)2;1-2/h5-11,21-22H,4H2,1-3H3;1-2H3. The van der Waals surface area contributed by atoms with Crippen molar-refractivity contribution in [3.63, 3.8) is 0 Å². The van der Waals surface area contributed by atoms with Gasteiger partial charge < -0.3 is 14.0 Å². The van der Waals surface area contributed by atoms with Gasteiger partial charge in [0.1, 0.15) is 11.8 Å². The average molecular weight is 383 g/mol. The van der Waals surface area contributed by atoms with Crippen LogP contribution in [0.2, 0.25) is 0 Å². The lowest BCUT2D eigenvalue weighted by molar-refractivity contribution is 0.415. The minimum Gasteiger partial charge on any atom is -0.497 e. The first kappa shape index (κ1) is 20.7. The number of nitrogens with zero attached hydrogens (tertiary/aromatic N) is 2. The summed E-state index contributed by atoms with van der Waals surface area (Å²) < 4.78 is 13.8. The third-order valence-corrected chi connectivity index (χ3v) is 4.81. The van der Waals surface area contributed by atoms with Gasteiger partial charge in [-0.05, 0) is 24.3 Å². The molecule has 0 atom stereocenters. The molecule has 0 aliphatic heterocycles. The zero-order valence-electron chi connectivity index (χ0n) is 16.5. The predicted octanol–water partition coefficient (Wildman–Crippen LogP) is 5.34. The minimum atomic E-state index is 0.677. The Morgan fingerprint density at radius 2 is 1.96 bits per heavy atom. The fraction of sp³-hybridized carbons (Fsp3) is 0.286. The van der Waals surface area contributed by atoms with E-state index in [0.717, 1.165) is 40.1 Å². The Kier molecular flexibility index (Phi) is 7.59. The Morgan fingerprint density at radius 1 is 1.19 bits per heavy atom. The molecule has 5 nitrogen and oxygen atoms in total. The van der Waals surface area contributed by atoms with Crippen molar-refractivity contribution < 1.29 is 4.74 Å². The molecule has 142 valence electrons. The highest BCUT2D eigenvalue weighted by Gasteiger charge is 2.17. The molecule has 0 saturated carbocycles. The van der Waals surface area contributed by atoms with Gasteiger partial charge in [-0.25, -0.2) is 4.72 Å². The first-order valence-electron chi connectivity index (χ1n) is 9.01. The largest absolute Gasteiger partial charge is 0.497 e. The van der Waals surface area contributed by atoms with Crippen LogP contribution in [-0.2, 0) is 7.05 Å². The van der Waals surface area contributed by atoms with E-state index in [0.29, 0.717) is 5.56 Å². The summed E-state index contributed by atoms with van der Waals surface area (Å²) in [6.07, 6.45) is 0. The van der Waals surface area contributed by atoms with Gasteiger partial charge in [-0.1, -0.05) is 32.9 Å². The van der Waals surface area contributed by atoms with Crippen LogP contribution in [0.5, 0.6) is 5.75 Å². The molecule has 27 heavy (non-hydrogen) atoms. The number of hydrogen-bond acceptors (Lipinski definition) is 5. The van der Waals surface area contributed by atoms with E-state index in [-0.39, 0.29) is 0 Å². The number of rotatable bonds is 6. The molecule has 0 fully saturated rings. The van der Waals surface area contributed by atoms with Crippen LogP contribution in [0.1, 0.15) is 26.3 Å². The highest BCUT2D eigenvalue weighted by molar-refractivity contribution is 7.98. The van der Waals surface area contributed by atoms with E-state index in [2.05, 4.69) is 21.6 Å². The SMILES string of the molecule is CC.CCNSNc1cccc(-c2c(C#N)c3ccc(OC)cc3n2C)c1. The number of benzene rings is 2. The van der Waals surface area contributed by atoms with Crippen molar-refractivity contribution in [2.75, 3.05) is 18.4 Å². The maximum Gasteiger partial charge on any atom is 0.120 e. The van der Waals surface area contributed by atoms with Crippen molar-refractivity contribution in [1.82, 2.24) is 9.29 Å². The molecule has 2 aromatic carbocycles. The summed E-state index contributed by atoms with van der Waals surface area (Å²) in [5.74, 6) is 0.779. The molecule has 0 amide bonds. The van der Waals surface area contributed by atoms with Crippen molar-refractivity contribution >= 4 is 28.7 Å². The number of nitriles is 1. The average Bonchev–Trinajstić information content (AvgIpc) is 3.01. The fourth-order valence-electron chi connectivity index (χ4n) is 2.89. The van der Waals surface area contributed by atoms with E-state index in [1.54, 1.807) is 7.11 Å². The topological polar surface area (TPSA) is 62.0 Å². The van der Waals surface area contributed by atoms with Crippen molar-refractivity contribution in [2.24, 2.45) is 7.05 Å². The van der Waals surface area contributed by atoms with Gasteiger partial charge in [-0.15, -0.1) is 0 Å². The van der Waals surface area contributed by atoms with Gasteiger partial charge in [0.25, 0.3) is 0 Å². The zero-order valence-corrected chi connectivity index (χ0v) is 17.3. The third kappa shape index (κ3) is 4.38. The molecule has 0 unspecified atom stereocenters. The van der Waals surface area contributed by atoms with Crippen LogP contribution in [0.15, 0.2) is 42.5 Å². The predicted molar refractivity (Wildman–Crippen MR) is 116 cm³/mol. The van der Waals surface area contributed by atoms with E-state index >= 15 is 0 Å². The van der Waals surface area contributed by atoms with Crippen molar-refractivity contribution in [3.05, 3.63) is 48.0 Å². The monoisotopic (exact) mass is 382 g/mol. The number of aryl methyl sites for hydroxylation is 1. The highest BCUT2D eigenvalue weighted by atomic mass is 32.2. The molecule has 1 heterocycles. The number of nitrogens with one attached hydrogen (secondary N) is 2. The normalized spacial score (nSPS) is 10.1. The Hall–Kier alpha value is -2.62. The summed E-state index contributed by atoms with van der Waals surface area (Å²) in [6, 6.07) is 16.2. The van der Waals surface area contributed by atoms with Gasteiger partial charge in [-0.2, -0.15) is 5.26 Å². The number of methoxy groups -OCH3 is 1. The Labute approximate surface area is 165 Å². The fourth-order valence-corrected chi connectivity index (χ4v) is 3.35. The number of hydrogen-bond donors (Lipinski definition) is 2. The van der Waals surface area contributed by atoms with Crippen LogP contribution in [0.25, 0.3) is 22.2 Å². The van der Waals surface area contributed by atoms with Crippen LogP contribution in [0.4, 0.5) is 5.69 Å². The second kappa shape index (κ2) is 9.91. The van der Waals surface area contributed by atoms with Gasteiger partial charge in [0.15, 0.2) is 0 Å². The van der Waals surface area contributed by atoms with Gasteiger partial charge in [-0.3, -0.25) is 0 Å².